The molecule has 7 heteroatoms. The molecular weight excluding hydrogens is 228 g/mol. The maximum atomic E-state index is 11.8. The lowest BCUT2D eigenvalue weighted by molar-refractivity contribution is 0.592. The molecule has 0 atom stereocenters. The third kappa shape index (κ3) is 2.25. The Hall–Kier alpha value is -1.76. The molecule has 0 saturated heterocycles. The van der Waals surface area contributed by atoms with E-state index < -0.39 is 10.0 Å². The van der Waals surface area contributed by atoms with Crippen LogP contribution in [-0.2, 0) is 10.0 Å². The fourth-order valence-electron chi connectivity index (χ4n) is 1.30. The summed E-state index contributed by atoms with van der Waals surface area (Å²) in [6, 6.07) is 5.98. The van der Waals surface area contributed by atoms with E-state index in [9.17, 15) is 8.42 Å². The first-order chi connectivity index (χ1) is 7.58. The van der Waals surface area contributed by atoms with Gasteiger partial charge in [-0.2, -0.15) is 0 Å². The molecule has 6 nitrogen and oxygen atoms in total. The van der Waals surface area contributed by atoms with Crippen LogP contribution in [-0.4, -0.2) is 27.5 Å². The number of aliphatic imine (C=N–C) groups is 1. The third-order valence-electron chi connectivity index (χ3n) is 2.10. The van der Waals surface area contributed by atoms with E-state index in [0.717, 1.165) is 0 Å². The second-order valence-electron chi connectivity index (χ2n) is 3.33. The van der Waals surface area contributed by atoms with Gasteiger partial charge < -0.3 is 11.1 Å². The molecule has 0 spiro atoms. The second-order valence-corrected chi connectivity index (χ2v) is 5.01. The summed E-state index contributed by atoms with van der Waals surface area (Å²) in [6.07, 6.45) is 0. The molecule has 0 amide bonds. The first-order valence-corrected chi connectivity index (χ1v) is 6.23. The van der Waals surface area contributed by atoms with E-state index in [1.54, 1.807) is 12.1 Å². The minimum Gasteiger partial charge on any atom is -0.399 e. The van der Waals surface area contributed by atoms with Crippen LogP contribution in [0.3, 0.4) is 0 Å². The van der Waals surface area contributed by atoms with Gasteiger partial charge in [0, 0.05) is 12.2 Å². The summed E-state index contributed by atoms with van der Waals surface area (Å²) in [5, 5.41) is 2.83. The van der Waals surface area contributed by atoms with Gasteiger partial charge in [-0.25, -0.2) is 13.1 Å². The Kier molecular flexibility index (Phi) is 2.69. The van der Waals surface area contributed by atoms with Gasteiger partial charge in [0.25, 0.3) is 10.0 Å². The SMILES string of the molecule is Nc1ccc(S(=O)(=O)NC2=NCCN2)cc1. The molecule has 0 radical (unpaired) electrons. The average Bonchev–Trinajstić information content (AvgIpc) is 2.70. The van der Waals surface area contributed by atoms with Crippen LogP contribution in [0.15, 0.2) is 34.2 Å². The number of rotatable bonds is 2. The number of sulfonamides is 1. The van der Waals surface area contributed by atoms with Crippen LogP contribution in [0.4, 0.5) is 5.69 Å². The van der Waals surface area contributed by atoms with E-state index in [2.05, 4.69) is 15.0 Å². The summed E-state index contributed by atoms with van der Waals surface area (Å²) in [5.74, 6) is 0.289. The van der Waals surface area contributed by atoms with Crippen molar-refractivity contribution in [3.8, 4) is 0 Å². The number of nitrogens with two attached hydrogens (primary N) is 1. The zero-order valence-electron chi connectivity index (χ0n) is 8.47. The van der Waals surface area contributed by atoms with Crippen LogP contribution in [0.1, 0.15) is 0 Å². The predicted octanol–water partition coefficient (Wildman–Crippen LogP) is -0.494. The van der Waals surface area contributed by atoms with Crippen LogP contribution in [0.2, 0.25) is 0 Å². The van der Waals surface area contributed by atoms with Crippen molar-refractivity contribution >= 4 is 21.7 Å². The van der Waals surface area contributed by atoms with Gasteiger partial charge in [-0.05, 0) is 24.3 Å². The molecule has 4 N–H and O–H groups in total. The molecule has 1 aromatic carbocycles. The molecule has 0 aliphatic carbocycles. The fraction of sp³-hybridized carbons (Fsp3) is 0.222. The molecule has 86 valence electrons. The quantitative estimate of drug-likeness (QED) is 0.607. The Balaban J connectivity index is 2.21. The number of benzene rings is 1. The maximum Gasteiger partial charge on any atom is 0.264 e. The van der Waals surface area contributed by atoms with Crippen molar-refractivity contribution in [1.29, 1.82) is 0 Å². The van der Waals surface area contributed by atoms with Crippen molar-refractivity contribution in [1.82, 2.24) is 10.0 Å². The Morgan fingerprint density at radius 2 is 2.00 bits per heavy atom. The highest BCUT2D eigenvalue weighted by Gasteiger charge is 2.17. The predicted molar refractivity (Wildman–Crippen MR) is 61.5 cm³/mol. The van der Waals surface area contributed by atoms with Crippen molar-refractivity contribution in [3.63, 3.8) is 0 Å². The molecule has 1 aliphatic rings. The molecule has 0 fully saturated rings. The minimum absolute atomic E-state index is 0.165. The van der Waals surface area contributed by atoms with E-state index in [1.165, 1.54) is 12.1 Å². The van der Waals surface area contributed by atoms with Crippen LogP contribution in [0.25, 0.3) is 0 Å². The minimum atomic E-state index is -3.56. The van der Waals surface area contributed by atoms with E-state index in [1.807, 2.05) is 0 Å². The molecule has 1 aromatic rings. The van der Waals surface area contributed by atoms with Crippen molar-refractivity contribution < 1.29 is 8.42 Å². The number of guanidine groups is 1. The largest absolute Gasteiger partial charge is 0.399 e. The van der Waals surface area contributed by atoms with Gasteiger partial charge >= 0.3 is 0 Å². The Morgan fingerprint density at radius 1 is 1.31 bits per heavy atom. The van der Waals surface area contributed by atoms with Gasteiger partial charge in [-0.1, -0.05) is 0 Å². The summed E-state index contributed by atoms with van der Waals surface area (Å²) in [6.45, 7) is 1.24. The second kappa shape index (κ2) is 4.01. The summed E-state index contributed by atoms with van der Waals surface area (Å²) in [4.78, 5) is 4.12. The summed E-state index contributed by atoms with van der Waals surface area (Å²) in [5.41, 5.74) is 6.01. The lowest BCUT2D eigenvalue weighted by atomic mass is 10.3. The van der Waals surface area contributed by atoms with E-state index in [0.29, 0.717) is 18.8 Å². The first kappa shape index (κ1) is 10.7. The van der Waals surface area contributed by atoms with Crippen LogP contribution in [0, 0.1) is 0 Å². The van der Waals surface area contributed by atoms with Gasteiger partial charge in [0.05, 0.1) is 11.4 Å². The van der Waals surface area contributed by atoms with Crippen molar-refractivity contribution in [2.45, 2.75) is 4.90 Å². The topological polar surface area (TPSA) is 96.6 Å². The zero-order valence-corrected chi connectivity index (χ0v) is 9.29. The summed E-state index contributed by atoms with van der Waals surface area (Å²) < 4.78 is 26.0. The number of anilines is 1. The van der Waals surface area contributed by atoms with Crippen LogP contribution >= 0.6 is 0 Å². The van der Waals surface area contributed by atoms with Crippen molar-refractivity contribution in [3.05, 3.63) is 24.3 Å². The van der Waals surface area contributed by atoms with E-state index >= 15 is 0 Å². The number of nitrogens with zero attached hydrogens (tertiary/aromatic N) is 1. The first-order valence-electron chi connectivity index (χ1n) is 4.75. The molecule has 1 heterocycles. The molecule has 1 aliphatic heterocycles. The number of nitrogen functional groups attached to an aromatic ring is 1. The Bertz CT molecular complexity index is 507. The van der Waals surface area contributed by atoms with Gasteiger partial charge in [-0.3, -0.25) is 4.99 Å². The van der Waals surface area contributed by atoms with Crippen molar-refractivity contribution in [2.24, 2.45) is 4.99 Å². The van der Waals surface area contributed by atoms with Gasteiger partial charge in [-0.15, -0.1) is 0 Å². The monoisotopic (exact) mass is 240 g/mol. The normalized spacial score (nSPS) is 15.4. The lowest BCUT2D eigenvalue weighted by Crippen LogP contribution is -2.38. The van der Waals surface area contributed by atoms with Crippen LogP contribution in [0.5, 0.6) is 0 Å². The molecule has 0 unspecified atom stereocenters. The molecule has 16 heavy (non-hydrogen) atoms. The van der Waals surface area contributed by atoms with Gasteiger partial charge in [0.15, 0.2) is 0 Å². The van der Waals surface area contributed by atoms with Crippen LogP contribution < -0.4 is 15.8 Å². The molecular formula is C9H12N4O2S. The molecule has 0 bridgehead atoms. The van der Waals surface area contributed by atoms with Gasteiger partial charge in [0.1, 0.15) is 0 Å². The lowest BCUT2D eigenvalue weighted by Gasteiger charge is -2.07. The summed E-state index contributed by atoms with van der Waals surface area (Å²) >= 11 is 0. The average molecular weight is 240 g/mol. The molecule has 0 aromatic heterocycles. The maximum absolute atomic E-state index is 11.8. The number of hydrogen-bond acceptors (Lipinski definition) is 5. The third-order valence-corrected chi connectivity index (χ3v) is 3.45. The van der Waals surface area contributed by atoms with Crippen molar-refractivity contribution in [2.75, 3.05) is 18.8 Å². The Morgan fingerprint density at radius 3 is 2.56 bits per heavy atom. The smallest absolute Gasteiger partial charge is 0.264 e. The highest BCUT2D eigenvalue weighted by molar-refractivity contribution is 7.90. The van der Waals surface area contributed by atoms with Gasteiger partial charge in [0.2, 0.25) is 5.96 Å². The zero-order chi connectivity index (χ0) is 11.6. The highest BCUT2D eigenvalue weighted by atomic mass is 32.2. The fourth-order valence-corrected chi connectivity index (χ4v) is 2.30. The standard InChI is InChI=1S/C9H12N4O2S/c10-7-1-3-8(4-2-7)16(14,15)13-9-11-5-6-12-9/h1-4H,5-6,10H2,(H2,11,12,13). The van der Waals surface area contributed by atoms with E-state index in [-0.39, 0.29) is 10.9 Å². The van der Waals surface area contributed by atoms with E-state index in [4.69, 9.17) is 5.73 Å². The molecule has 0 saturated carbocycles. The highest BCUT2D eigenvalue weighted by Crippen LogP contribution is 2.11. The number of nitrogens with one attached hydrogen (secondary N) is 2. The summed E-state index contributed by atoms with van der Waals surface area (Å²) in [7, 11) is -3.56. The number of hydrogen-bond donors (Lipinski definition) is 3. The molecule has 2 rings (SSSR count). The Labute approximate surface area is 93.6 Å².